The summed E-state index contributed by atoms with van der Waals surface area (Å²) in [5, 5.41) is 8.16. The van der Waals surface area contributed by atoms with Crippen LogP contribution in [0.4, 0.5) is 0 Å². The van der Waals surface area contributed by atoms with Gasteiger partial charge in [-0.3, -0.25) is 9.59 Å². The van der Waals surface area contributed by atoms with Gasteiger partial charge in [0.15, 0.2) is 6.61 Å². The Bertz CT molecular complexity index is 693. The molecule has 1 aromatic heterocycles. The van der Waals surface area contributed by atoms with Gasteiger partial charge < -0.3 is 15.4 Å². The van der Waals surface area contributed by atoms with Crippen molar-refractivity contribution in [3.63, 3.8) is 0 Å². The van der Waals surface area contributed by atoms with Crippen LogP contribution in [0.1, 0.15) is 4.88 Å². The zero-order valence-corrected chi connectivity index (χ0v) is 15.0. The van der Waals surface area contributed by atoms with Crippen molar-refractivity contribution in [1.29, 1.82) is 0 Å². The molecule has 8 heteroatoms. The summed E-state index contributed by atoms with van der Waals surface area (Å²) in [5.41, 5.74) is 0. The van der Waals surface area contributed by atoms with Crippen molar-refractivity contribution in [2.75, 3.05) is 19.7 Å². The number of ether oxygens (including phenoxy) is 1. The highest BCUT2D eigenvalue weighted by atomic mass is 35.5. The molecule has 128 valence electrons. The van der Waals surface area contributed by atoms with Gasteiger partial charge in [-0.05, 0) is 29.6 Å². The van der Waals surface area contributed by atoms with Crippen LogP contribution in [0.15, 0.2) is 35.7 Å². The average molecular weight is 387 g/mol. The Morgan fingerprint density at radius 2 is 1.83 bits per heavy atom. The first-order valence-corrected chi connectivity index (χ1v) is 8.82. The Morgan fingerprint density at radius 3 is 2.50 bits per heavy atom. The van der Waals surface area contributed by atoms with Crippen molar-refractivity contribution in [3.05, 3.63) is 50.6 Å². The van der Waals surface area contributed by atoms with Gasteiger partial charge >= 0.3 is 0 Å². The van der Waals surface area contributed by atoms with Gasteiger partial charge in [-0.1, -0.05) is 29.3 Å². The molecule has 0 radical (unpaired) electrons. The lowest BCUT2D eigenvalue weighted by Crippen LogP contribution is -2.37. The van der Waals surface area contributed by atoms with E-state index in [1.807, 2.05) is 17.5 Å². The third-order valence-electron chi connectivity index (χ3n) is 2.94. The van der Waals surface area contributed by atoms with Crippen LogP contribution < -0.4 is 15.4 Å². The molecule has 0 spiro atoms. The molecule has 0 bridgehead atoms. The Labute approximate surface area is 153 Å². The number of carbonyl (C=O) groups is 2. The summed E-state index contributed by atoms with van der Waals surface area (Å²) in [6, 6.07) is 8.58. The normalized spacial score (nSPS) is 10.2. The van der Waals surface area contributed by atoms with Crippen molar-refractivity contribution in [1.82, 2.24) is 10.6 Å². The molecule has 0 aliphatic rings. The summed E-state index contributed by atoms with van der Waals surface area (Å²) in [7, 11) is 0. The van der Waals surface area contributed by atoms with Crippen LogP contribution in [-0.2, 0) is 16.0 Å². The van der Waals surface area contributed by atoms with Gasteiger partial charge in [-0.2, -0.15) is 0 Å². The lowest BCUT2D eigenvalue weighted by atomic mass is 10.3. The summed E-state index contributed by atoms with van der Waals surface area (Å²) in [6.07, 6.45) is 0.351. The van der Waals surface area contributed by atoms with E-state index in [-0.39, 0.29) is 18.4 Å². The lowest BCUT2D eigenvalue weighted by Gasteiger charge is -2.09. The van der Waals surface area contributed by atoms with Crippen LogP contribution in [0.3, 0.4) is 0 Å². The van der Waals surface area contributed by atoms with E-state index in [1.165, 1.54) is 11.3 Å². The molecule has 1 aromatic carbocycles. The highest BCUT2D eigenvalue weighted by Gasteiger charge is 2.07. The molecule has 2 aromatic rings. The van der Waals surface area contributed by atoms with E-state index >= 15 is 0 Å². The molecule has 0 fully saturated rings. The van der Waals surface area contributed by atoms with Crippen molar-refractivity contribution in [2.45, 2.75) is 6.42 Å². The molecule has 0 saturated heterocycles. The van der Waals surface area contributed by atoms with Crippen LogP contribution in [0.2, 0.25) is 10.0 Å². The van der Waals surface area contributed by atoms with E-state index in [2.05, 4.69) is 10.6 Å². The Balaban J connectivity index is 1.60. The molecular weight excluding hydrogens is 371 g/mol. The highest BCUT2D eigenvalue weighted by Crippen LogP contribution is 2.27. The second-order valence-corrected chi connectivity index (χ2v) is 6.70. The third kappa shape index (κ3) is 6.39. The fraction of sp³-hybridized carbons (Fsp3) is 0.250. The van der Waals surface area contributed by atoms with Crippen LogP contribution in [0.5, 0.6) is 5.75 Å². The maximum atomic E-state index is 11.7. The molecule has 24 heavy (non-hydrogen) atoms. The van der Waals surface area contributed by atoms with Crippen molar-refractivity contribution in [3.8, 4) is 5.75 Å². The summed E-state index contributed by atoms with van der Waals surface area (Å²) in [5.74, 6) is 0.0184. The van der Waals surface area contributed by atoms with Crippen molar-refractivity contribution in [2.24, 2.45) is 0 Å². The lowest BCUT2D eigenvalue weighted by molar-refractivity contribution is -0.124. The van der Waals surface area contributed by atoms with Gasteiger partial charge in [0.05, 0.1) is 11.4 Å². The summed E-state index contributed by atoms with van der Waals surface area (Å²) < 4.78 is 5.31. The number of carbonyl (C=O) groups excluding carboxylic acids is 2. The molecule has 2 amide bonds. The fourth-order valence-electron chi connectivity index (χ4n) is 1.82. The SMILES string of the molecule is O=C(COc1ccc(Cl)cc1Cl)NCCNC(=O)Cc1cccs1. The molecule has 1 heterocycles. The van der Waals surface area contributed by atoms with Gasteiger partial charge in [0.1, 0.15) is 5.75 Å². The quantitative estimate of drug-likeness (QED) is 0.685. The van der Waals surface area contributed by atoms with Gasteiger partial charge in [-0.25, -0.2) is 0 Å². The number of thiophene rings is 1. The van der Waals surface area contributed by atoms with Crippen LogP contribution in [-0.4, -0.2) is 31.5 Å². The molecule has 0 saturated carbocycles. The summed E-state index contributed by atoms with van der Waals surface area (Å²) in [6.45, 7) is 0.523. The van der Waals surface area contributed by atoms with Gasteiger partial charge in [0, 0.05) is 23.0 Å². The largest absolute Gasteiger partial charge is 0.482 e. The minimum atomic E-state index is -0.298. The van der Waals surface area contributed by atoms with Crippen molar-refractivity contribution >= 4 is 46.4 Å². The first-order valence-electron chi connectivity index (χ1n) is 7.18. The van der Waals surface area contributed by atoms with E-state index < -0.39 is 0 Å². The molecule has 5 nitrogen and oxygen atoms in total. The number of rotatable bonds is 8. The maximum Gasteiger partial charge on any atom is 0.258 e. The molecule has 0 aliphatic heterocycles. The average Bonchev–Trinajstić information content (AvgIpc) is 3.03. The number of nitrogens with one attached hydrogen (secondary N) is 2. The molecule has 0 aliphatic carbocycles. The smallest absolute Gasteiger partial charge is 0.258 e. The van der Waals surface area contributed by atoms with E-state index in [4.69, 9.17) is 27.9 Å². The van der Waals surface area contributed by atoms with E-state index in [9.17, 15) is 9.59 Å². The first kappa shape index (κ1) is 18.6. The standard InChI is InChI=1S/C16H16Cl2N2O3S/c17-11-3-4-14(13(18)8-11)23-10-16(22)20-6-5-19-15(21)9-12-2-1-7-24-12/h1-4,7-8H,5-6,9-10H2,(H,19,21)(H,20,22). The third-order valence-corrected chi connectivity index (χ3v) is 4.34. The van der Waals surface area contributed by atoms with Crippen molar-refractivity contribution < 1.29 is 14.3 Å². The summed E-state index contributed by atoms with van der Waals surface area (Å²) in [4.78, 5) is 24.3. The van der Waals surface area contributed by atoms with E-state index in [1.54, 1.807) is 18.2 Å². The van der Waals surface area contributed by atoms with Crippen LogP contribution >= 0.6 is 34.5 Å². The zero-order chi connectivity index (χ0) is 17.4. The van der Waals surface area contributed by atoms with Gasteiger partial charge in [0.2, 0.25) is 5.91 Å². The second-order valence-electron chi connectivity index (χ2n) is 4.82. The number of hydrogen-bond acceptors (Lipinski definition) is 4. The molecule has 2 rings (SSSR count). The highest BCUT2D eigenvalue weighted by molar-refractivity contribution is 7.10. The topological polar surface area (TPSA) is 67.4 Å². The predicted molar refractivity (Wildman–Crippen MR) is 96.0 cm³/mol. The maximum absolute atomic E-state index is 11.7. The monoisotopic (exact) mass is 386 g/mol. The molecule has 2 N–H and O–H groups in total. The van der Waals surface area contributed by atoms with Gasteiger partial charge in [0.25, 0.3) is 5.91 Å². The van der Waals surface area contributed by atoms with E-state index in [0.29, 0.717) is 35.3 Å². The van der Waals surface area contributed by atoms with Gasteiger partial charge in [-0.15, -0.1) is 11.3 Å². The van der Waals surface area contributed by atoms with E-state index in [0.717, 1.165) is 4.88 Å². The molecule has 0 unspecified atom stereocenters. The Morgan fingerprint density at radius 1 is 1.08 bits per heavy atom. The van der Waals surface area contributed by atoms with Crippen LogP contribution in [0, 0.1) is 0 Å². The summed E-state index contributed by atoms with van der Waals surface area (Å²) >= 11 is 13.3. The number of benzene rings is 1. The number of halogens is 2. The number of amides is 2. The fourth-order valence-corrected chi connectivity index (χ4v) is 2.99. The molecule has 0 atom stereocenters. The molecular formula is C16H16Cl2N2O3S. The minimum absolute atomic E-state index is 0.0732. The Kier molecular flexibility index (Phi) is 7.36. The minimum Gasteiger partial charge on any atom is -0.482 e. The number of hydrogen-bond donors (Lipinski definition) is 2. The zero-order valence-electron chi connectivity index (χ0n) is 12.7. The second kappa shape index (κ2) is 9.52. The first-order chi connectivity index (χ1) is 11.5. The van der Waals surface area contributed by atoms with Crippen LogP contribution in [0.25, 0.3) is 0 Å². The predicted octanol–water partition coefficient (Wildman–Crippen LogP) is 2.91. The Hall–Kier alpha value is -1.76.